The number of rotatable bonds is 4. The van der Waals surface area contributed by atoms with Crippen molar-refractivity contribution < 1.29 is 14.6 Å². The molecule has 0 bridgehead atoms. The number of aliphatic hydroxyl groups excluding tert-OH is 1. The standard InChI is InChI=1S/C8H10ClN3O3/c1-15-8(14)5(4-13)12-7-6(9)10-2-3-11-7/h2-3,5,13H,4H2,1H3,(H,11,12)/t5-/m0/s1. The van der Waals surface area contributed by atoms with Crippen LogP contribution in [0.2, 0.25) is 5.15 Å². The van der Waals surface area contributed by atoms with E-state index in [1.165, 1.54) is 19.5 Å². The van der Waals surface area contributed by atoms with Gasteiger partial charge in [0.25, 0.3) is 0 Å². The second-order valence-corrected chi connectivity index (χ2v) is 2.96. The van der Waals surface area contributed by atoms with Gasteiger partial charge in [0.15, 0.2) is 11.0 Å². The highest BCUT2D eigenvalue weighted by atomic mass is 35.5. The number of hydrogen-bond acceptors (Lipinski definition) is 6. The first kappa shape index (κ1) is 11.7. The minimum atomic E-state index is -0.899. The zero-order valence-corrected chi connectivity index (χ0v) is 8.73. The Labute approximate surface area is 91.3 Å². The summed E-state index contributed by atoms with van der Waals surface area (Å²) in [7, 11) is 1.23. The predicted octanol–water partition coefficient (Wildman–Crippen LogP) is 0.0758. The van der Waals surface area contributed by atoms with Gasteiger partial charge < -0.3 is 15.2 Å². The molecule has 1 atom stereocenters. The number of halogens is 1. The summed E-state index contributed by atoms with van der Waals surface area (Å²) in [5.74, 6) is -0.372. The van der Waals surface area contributed by atoms with Gasteiger partial charge in [-0.3, -0.25) is 0 Å². The van der Waals surface area contributed by atoms with Gasteiger partial charge in [0.05, 0.1) is 13.7 Å². The van der Waals surface area contributed by atoms with E-state index in [0.717, 1.165) is 0 Å². The van der Waals surface area contributed by atoms with E-state index in [2.05, 4.69) is 20.0 Å². The molecule has 0 saturated heterocycles. The molecular formula is C8H10ClN3O3. The van der Waals surface area contributed by atoms with Crippen LogP contribution in [0, 0.1) is 0 Å². The molecule has 1 aromatic heterocycles. The highest BCUT2D eigenvalue weighted by Crippen LogP contribution is 2.15. The van der Waals surface area contributed by atoms with Gasteiger partial charge in [-0.25, -0.2) is 14.8 Å². The van der Waals surface area contributed by atoms with E-state index in [4.69, 9.17) is 16.7 Å². The second kappa shape index (κ2) is 5.47. The van der Waals surface area contributed by atoms with Gasteiger partial charge in [-0.15, -0.1) is 0 Å². The van der Waals surface area contributed by atoms with E-state index in [1.54, 1.807) is 0 Å². The van der Waals surface area contributed by atoms with Crippen molar-refractivity contribution in [3.8, 4) is 0 Å². The van der Waals surface area contributed by atoms with Crippen molar-refractivity contribution in [3.63, 3.8) is 0 Å². The first-order valence-electron chi connectivity index (χ1n) is 4.10. The lowest BCUT2D eigenvalue weighted by Gasteiger charge is -2.14. The highest BCUT2D eigenvalue weighted by Gasteiger charge is 2.19. The molecular weight excluding hydrogens is 222 g/mol. The zero-order chi connectivity index (χ0) is 11.3. The lowest BCUT2D eigenvalue weighted by molar-refractivity contribution is -0.142. The number of methoxy groups -OCH3 is 1. The van der Waals surface area contributed by atoms with Gasteiger partial charge in [0, 0.05) is 12.4 Å². The maximum Gasteiger partial charge on any atom is 0.330 e. The molecule has 82 valence electrons. The topological polar surface area (TPSA) is 84.3 Å². The molecule has 1 aromatic rings. The summed E-state index contributed by atoms with van der Waals surface area (Å²) in [5, 5.41) is 11.7. The molecule has 7 heteroatoms. The fourth-order valence-corrected chi connectivity index (χ4v) is 1.06. The molecule has 0 saturated carbocycles. The molecule has 0 amide bonds. The summed E-state index contributed by atoms with van der Waals surface area (Å²) in [6.45, 7) is -0.417. The van der Waals surface area contributed by atoms with Crippen LogP contribution in [0.5, 0.6) is 0 Å². The van der Waals surface area contributed by atoms with Crippen LogP contribution >= 0.6 is 11.6 Å². The average molecular weight is 232 g/mol. The Morgan fingerprint density at radius 3 is 2.87 bits per heavy atom. The number of aliphatic hydroxyl groups is 1. The van der Waals surface area contributed by atoms with Crippen LogP contribution in [-0.2, 0) is 9.53 Å². The van der Waals surface area contributed by atoms with Gasteiger partial charge in [-0.2, -0.15) is 0 Å². The van der Waals surface area contributed by atoms with Crippen LogP contribution in [0.1, 0.15) is 0 Å². The van der Waals surface area contributed by atoms with Crippen LogP contribution in [-0.4, -0.2) is 40.8 Å². The average Bonchev–Trinajstić information content (AvgIpc) is 2.27. The Bertz CT molecular complexity index is 348. The molecule has 1 heterocycles. The number of ether oxygens (including phenoxy) is 1. The van der Waals surface area contributed by atoms with Crippen LogP contribution in [0.4, 0.5) is 5.82 Å². The number of carbonyl (C=O) groups excluding carboxylic acids is 1. The maximum absolute atomic E-state index is 11.1. The number of nitrogens with zero attached hydrogens (tertiary/aromatic N) is 2. The van der Waals surface area contributed by atoms with Crippen molar-refractivity contribution in [2.45, 2.75) is 6.04 Å². The van der Waals surface area contributed by atoms with E-state index in [0.29, 0.717) is 0 Å². The first-order valence-corrected chi connectivity index (χ1v) is 4.48. The smallest absolute Gasteiger partial charge is 0.330 e. The largest absolute Gasteiger partial charge is 0.467 e. The van der Waals surface area contributed by atoms with Crippen LogP contribution in [0.3, 0.4) is 0 Å². The highest BCUT2D eigenvalue weighted by molar-refractivity contribution is 6.31. The van der Waals surface area contributed by atoms with E-state index in [1.807, 2.05) is 0 Å². The molecule has 6 nitrogen and oxygen atoms in total. The van der Waals surface area contributed by atoms with Gasteiger partial charge in [0.2, 0.25) is 0 Å². The number of anilines is 1. The van der Waals surface area contributed by atoms with Crippen LogP contribution < -0.4 is 5.32 Å². The molecule has 0 radical (unpaired) electrons. The van der Waals surface area contributed by atoms with E-state index >= 15 is 0 Å². The second-order valence-electron chi connectivity index (χ2n) is 2.60. The van der Waals surface area contributed by atoms with Crippen molar-refractivity contribution in [2.24, 2.45) is 0 Å². The molecule has 0 spiro atoms. The number of aromatic nitrogens is 2. The SMILES string of the molecule is COC(=O)[C@H](CO)Nc1nccnc1Cl. The minimum absolute atomic E-state index is 0.125. The number of carbonyl (C=O) groups is 1. The Morgan fingerprint density at radius 2 is 2.33 bits per heavy atom. The maximum atomic E-state index is 11.1. The van der Waals surface area contributed by atoms with Crippen LogP contribution in [0.15, 0.2) is 12.4 Å². The Balaban J connectivity index is 2.75. The summed E-state index contributed by atoms with van der Waals surface area (Å²) in [5.41, 5.74) is 0. The normalized spacial score (nSPS) is 11.9. The van der Waals surface area contributed by atoms with Crippen molar-refractivity contribution in [1.82, 2.24) is 9.97 Å². The number of nitrogens with one attached hydrogen (secondary N) is 1. The van der Waals surface area contributed by atoms with Crippen LogP contribution in [0.25, 0.3) is 0 Å². The fourth-order valence-electron chi connectivity index (χ4n) is 0.904. The predicted molar refractivity (Wildman–Crippen MR) is 53.6 cm³/mol. The number of hydrogen-bond donors (Lipinski definition) is 2. The minimum Gasteiger partial charge on any atom is -0.467 e. The van der Waals surface area contributed by atoms with Gasteiger partial charge >= 0.3 is 5.97 Å². The summed E-state index contributed by atoms with van der Waals surface area (Å²) < 4.78 is 4.46. The van der Waals surface area contributed by atoms with Crippen molar-refractivity contribution in [1.29, 1.82) is 0 Å². The van der Waals surface area contributed by atoms with Gasteiger partial charge in [0.1, 0.15) is 6.04 Å². The molecule has 0 fully saturated rings. The summed E-state index contributed by atoms with van der Waals surface area (Å²) in [6, 6.07) is -0.899. The molecule has 0 aliphatic carbocycles. The zero-order valence-electron chi connectivity index (χ0n) is 7.98. The molecule has 0 aliphatic heterocycles. The van der Waals surface area contributed by atoms with Crippen molar-refractivity contribution in [2.75, 3.05) is 19.0 Å². The lowest BCUT2D eigenvalue weighted by Crippen LogP contribution is -2.34. The van der Waals surface area contributed by atoms with Crippen molar-refractivity contribution in [3.05, 3.63) is 17.5 Å². The van der Waals surface area contributed by atoms with E-state index in [9.17, 15) is 4.79 Å². The quantitative estimate of drug-likeness (QED) is 0.714. The third kappa shape index (κ3) is 3.03. The van der Waals surface area contributed by atoms with Crippen molar-refractivity contribution >= 4 is 23.4 Å². The molecule has 15 heavy (non-hydrogen) atoms. The summed E-state index contributed by atoms with van der Waals surface area (Å²) in [4.78, 5) is 18.7. The summed E-state index contributed by atoms with van der Waals surface area (Å²) >= 11 is 5.70. The van der Waals surface area contributed by atoms with E-state index < -0.39 is 18.6 Å². The molecule has 0 unspecified atom stereocenters. The lowest BCUT2D eigenvalue weighted by atomic mass is 10.3. The molecule has 0 aromatic carbocycles. The summed E-state index contributed by atoms with van der Waals surface area (Å²) in [6.07, 6.45) is 2.83. The third-order valence-electron chi connectivity index (χ3n) is 1.63. The fraction of sp³-hybridized carbons (Fsp3) is 0.375. The molecule has 2 N–H and O–H groups in total. The number of esters is 1. The first-order chi connectivity index (χ1) is 7.19. The molecule has 0 aliphatic rings. The molecule has 1 rings (SSSR count). The third-order valence-corrected chi connectivity index (χ3v) is 1.91. The van der Waals surface area contributed by atoms with Gasteiger partial charge in [-0.05, 0) is 0 Å². The Hall–Kier alpha value is -1.40. The monoisotopic (exact) mass is 231 g/mol. The van der Waals surface area contributed by atoms with E-state index in [-0.39, 0.29) is 11.0 Å². The Morgan fingerprint density at radius 1 is 1.67 bits per heavy atom. The van der Waals surface area contributed by atoms with Gasteiger partial charge in [-0.1, -0.05) is 11.6 Å². The Kier molecular flexibility index (Phi) is 4.26.